The summed E-state index contributed by atoms with van der Waals surface area (Å²) in [5, 5.41) is 0. The van der Waals surface area contributed by atoms with E-state index in [0.717, 1.165) is 11.4 Å². The van der Waals surface area contributed by atoms with Gasteiger partial charge in [-0.25, -0.2) is 6.57 Å². The van der Waals surface area contributed by atoms with Gasteiger partial charge in [0.25, 0.3) is 6.54 Å². The van der Waals surface area contributed by atoms with Crippen LogP contribution in [0.2, 0.25) is 0 Å². The van der Waals surface area contributed by atoms with Crippen LogP contribution in [-0.2, 0) is 6.54 Å². The van der Waals surface area contributed by atoms with Crippen molar-refractivity contribution in [3.8, 4) is 5.75 Å². The maximum absolute atomic E-state index is 6.61. The van der Waals surface area contributed by atoms with Gasteiger partial charge in [0.1, 0.15) is 11.4 Å². The van der Waals surface area contributed by atoms with Gasteiger partial charge >= 0.3 is 0 Å². The lowest BCUT2D eigenvalue weighted by Crippen LogP contribution is -1.88. The van der Waals surface area contributed by atoms with E-state index < -0.39 is 0 Å². The molecule has 0 aliphatic carbocycles. The quantitative estimate of drug-likeness (QED) is 0.594. The standard InChI is InChI=1S/C8H8N2O/c1-9-6-7-5-8(11-2)3-4-10-7/h3-5H,6H2,2H3. The van der Waals surface area contributed by atoms with Crippen molar-refractivity contribution in [2.24, 2.45) is 0 Å². The van der Waals surface area contributed by atoms with Crippen LogP contribution in [0, 0.1) is 6.57 Å². The van der Waals surface area contributed by atoms with Crippen LogP contribution in [0.3, 0.4) is 0 Å². The first kappa shape index (κ1) is 7.55. The highest BCUT2D eigenvalue weighted by Gasteiger charge is 1.97. The number of hydrogen-bond acceptors (Lipinski definition) is 2. The number of nitrogens with zero attached hydrogens (tertiary/aromatic N) is 2. The Morgan fingerprint density at radius 2 is 2.55 bits per heavy atom. The summed E-state index contributed by atoms with van der Waals surface area (Å²) in [5.74, 6) is 0.749. The number of rotatable bonds is 2. The van der Waals surface area contributed by atoms with Gasteiger partial charge in [-0.15, -0.1) is 0 Å². The largest absolute Gasteiger partial charge is 0.497 e. The molecule has 11 heavy (non-hydrogen) atoms. The summed E-state index contributed by atoms with van der Waals surface area (Å²) < 4.78 is 4.96. The van der Waals surface area contributed by atoms with E-state index in [9.17, 15) is 0 Å². The average molecular weight is 148 g/mol. The van der Waals surface area contributed by atoms with Gasteiger partial charge in [-0.2, -0.15) is 0 Å². The Morgan fingerprint density at radius 1 is 1.73 bits per heavy atom. The molecule has 0 saturated carbocycles. The van der Waals surface area contributed by atoms with E-state index in [1.807, 2.05) is 0 Å². The van der Waals surface area contributed by atoms with E-state index in [4.69, 9.17) is 11.3 Å². The fourth-order valence-corrected chi connectivity index (χ4v) is 0.750. The highest BCUT2D eigenvalue weighted by Crippen LogP contribution is 2.09. The van der Waals surface area contributed by atoms with Crippen molar-refractivity contribution in [2.75, 3.05) is 7.11 Å². The molecule has 0 aliphatic rings. The topological polar surface area (TPSA) is 26.5 Å². The second-order valence-corrected chi connectivity index (χ2v) is 2.00. The van der Waals surface area contributed by atoms with Gasteiger partial charge in [0.2, 0.25) is 0 Å². The second kappa shape index (κ2) is 3.57. The Balaban J connectivity index is 2.84. The van der Waals surface area contributed by atoms with E-state index >= 15 is 0 Å². The smallest absolute Gasteiger partial charge is 0.256 e. The summed E-state index contributed by atoms with van der Waals surface area (Å²) in [6, 6.07) is 3.52. The normalized spacial score (nSPS) is 8.73. The van der Waals surface area contributed by atoms with Crippen molar-refractivity contribution in [1.29, 1.82) is 0 Å². The highest BCUT2D eigenvalue weighted by atomic mass is 16.5. The monoisotopic (exact) mass is 148 g/mol. The third kappa shape index (κ3) is 1.94. The predicted octanol–water partition coefficient (Wildman–Crippen LogP) is 1.51. The molecule has 3 heteroatoms. The summed E-state index contributed by atoms with van der Waals surface area (Å²) in [5.41, 5.74) is 0.749. The summed E-state index contributed by atoms with van der Waals surface area (Å²) in [6.45, 7) is 6.93. The molecule has 0 atom stereocenters. The third-order valence-electron chi connectivity index (χ3n) is 1.26. The first-order valence-corrected chi connectivity index (χ1v) is 3.19. The van der Waals surface area contributed by atoms with Crippen molar-refractivity contribution in [1.82, 2.24) is 4.98 Å². The van der Waals surface area contributed by atoms with Gasteiger partial charge in [0.05, 0.1) is 7.11 Å². The van der Waals surface area contributed by atoms with Crippen LogP contribution in [0.4, 0.5) is 0 Å². The number of ether oxygens (including phenoxy) is 1. The molecule has 1 aromatic heterocycles. The summed E-state index contributed by atoms with van der Waals surface area (Å²) >= 11 is 0. The van der Waals surface area contributed by atoms with Crippen LogP contribution in [-0.4, -0.2) is 12.1 Å². The highest BCUT2D eigenvalue weighted by molar-refractivity contribution is 5.22. The molecule has 0 fully saturated rings. The maximum Gasteiger partial charge on any atom is 0.256 e. The summed E-state index contributed by atoms with van der Waals surface area (Å²) in [4.78, 5) is 7.20. The van der Waals surface area contributed by atoms with Crippen LogP contribution >= 0.6 is 0 Å². The fourth-order valence-electron chi connectivity index (χ4n) is 0.750. The molecular formula is C8H8N2O. The zero-order valence-electron chi connectivity index (χ0n) is 6.24. The first-order chi connectivity index (χ1) is 5.36. The minimum Gasteiger partial charge on any atom is -0.497 e. The summed E-state index contributed by atoms with van der Waals surface area (Å²) in [6.07, 6.45) is 1.64. The molecule has 0 aliphatic heterocycles. The minimum absolute atomic E-state index is 0.317. The molecule has 56 valence electrons. The molecule has 0 N–H and O–H groups in total. The lowest BCUT2D eigenvalue weighted by molar-refractivity contribution is 0.413. The predicted molar refractivity (Wildman–Crippen MR) is 41.1 cm³/mol. The molecule has 1 aromatic rings. The van der Waals surface area contributed by atoms with Gasteiger partial charge in [-0.1, -0.05) is 0 Å². The molecule has 0 spiro atoms. The van der Waals surface area contributed by atoms with Gasteiger partial charge in [0.15, 0.2) is 0 Å². The Labute approximate surface area is 65.5 Å². The van der Waals surface area contributed by atoms with Crippen LogP contribution in [0.15, 0.2) is 18.3 Å². The Hall–Kier alpha value is -1.56. The van der Waals surface area contributed by atoms with E-state index in [0.29, 0.717) is 6.54 Å². The molecule has 3 nitrogen and oxygen atoms in total. The lowest BCUT2D eigenvalue weighted by Gasteiger charge is -1.97. The Kier molecular flexibility index (Phi) is 2.45. The van der Waals surface area contributed by atoms with Crippen LogP contribution < -0.4 is 4.74 Å². The molecule has 0 aromatic carbocycles. The van der Waals surface area contributed by atoms with E-state index in [1.165, 1.54) is 0 Å². The van der Waals surface area contributed by atoms with Gasteiger partial charge in [-0.05, 0) is 6.07 Å². The van der Waals surface area contributed by atoms with E-state index in [-0.39, 0.29) is 0 Å². The second-order valence-electron chi connectivity index (χ2n) is 2.00. The summed E-state index contributed by atoms with van der Waals surface area (Å²) in [7, 11) is 1.59. The van der Waals surface area contributed by atoms with Gasteiger partial charge in [0, 0.05) is 12.3 Å². The van der Waals surface area contributed by atoms with Gasteiger partial charge < -0.3 is 9.58 Å². The SMILES string of the molecule is [C-]#[N+]Cc1cc(OC)ccn1. The number of aromatic nitrogens is 1. The van der Waals surface area contributed by atoms with Crippen molar-refractivity contribution in [3.05, 3.63) is 35.4 Å². The molecule has 0 saturated heterocycles. The van der Waals surface area contributed by atoms with Crippen LogP contribution in [0.1, 0.15) is 5.69 Å². The molecule has 0 bridgehead atoms. The Bertz CT molecular complexity index is 278. The zero-order chi connectivity index (χ0) is 8.10. The minimum atomic E-state index is 0.317. The average Bonchev–Trinajstić information content (AvgIpc) is 2.06. The van der Waals surface area contributed by atoms with Crippen molar-refractivity contribution in [2.45, 2.75) is 6.54 Å². The van der Waals surface area contributed by atoms with Gasteiger partial charge in [-0.3, -0.25) is 4.98 Å². The number of pyridine rings is 1. The molecule has 1 heterocycles. The van der Waals surface area contributed by atoms with E-state index in [1.54, 1.807) is 25.4 Å². The zero-order valence-corrected chi connectivity index (χ0v) is 6.24. The third-order valence-corrected chi connectivity index (χ3v) is 1.26. The lowest BCUT2D eigenvalue weighted by atomic mass is 10.3. The molecule has 0 unspecified atom stereocenters. The van der Waals surface area contributed by atoms with Crippen molar-refractivity contribution >= 4 is 0 Å². The maximum atomic E-state index is 6.61. The molecule has 0 radical (unpaired) electrons. The molecule has 0 amide bonds. The van der Waals surface area contributed by atoms with Crippen LogP contribution in [0.5, 0.6) is 5.75 Å². The van der Waals surface area contributed by atoms with Crippen molar-refractivity contribution < 1.29 is 4.74 Å². The van der Waals surface area contributed by atoms with Crippen LogP contribution in [0.25, 0.3) is 4.85 Å². The van der Waals surface area contributed by atoms with E-state index in [2.05, 4.69) is 9.83 Å². The molecular weight excluding hydrogens is 140 g/mol. The Morgan fingerprint density at radius 3 is 3.18 bits per heavy atom. The number of hydrogen-bond donors (Lipinski definition) is 0. The number of methoxy groups -OCH3 is 1. The first-order valence-electron chi connectivity index (χ1n) is 3.19. The molecule has 1 rings (SSSR count). The fraction of sp³-hybridized carbons (Fsp3) is 0.250. The van der Waals surface area contributed by atoms with Crippen molar-refractivity contribution in [3.63, 3.8) is 0 Å².